The Morgan fingerprint density at radius 2 is 1.95 bits per heavy atom. The molecule has 0 fully saturated rings. The van der Waals surface area contributed by atoms with Crippen molar-refractivity contribution in [3.05, 3.63) is 53.8 Å². The third kappa shape index (κ3) is 3.52. The summed E-state index contributed by atoms with van der Waals surface area (Å²) in [5.74, 6) is 0.545. The molecule has 2 aromatic rings. The van der Waals surface area contributed by atoms with E-state index in [1.54, 1.807) is 13.2 Å². The maximum atomic E-state index is 14.1. The molecule has 0 saturated heterocycles. The van der Waals surface area contributed by atoms with Gasteiger partial charge in [-0.1, -0.05) is 12.1 Å². The van der Waals surface area contributed by atoms with Gasteiger partial charge in [0, 0.05) is 36.1 Å². The molecule has 2 N–H and O–H groups in total. The topological polar surface area (TPSA) is 38.5 Å². The normalized spacial score (nSPS) is 12.0. The lowest BCUT2D eigenvalue weighted by molar-refractivity contribution is 0.415. The second-order valence-corrected chi connectivity index (χ2v) is 5.18. The zero-order valence-corrected chi connectivity index (χ0v) is 12.6. The minimum absolute atomic E-state index is 0.0978. The summed E-state index contributed by atoms with van der Waals surface area (Å²) < 4.78 is 19.4. The molecule has 2 aromatic carbocycles. The largest absolute Gasteiger partial charge is 0.497 e. The molecule has 0 radical (unpaired) electrons. The number of hydrogen-bond donors (Lipinski definition) is 1. The third-order valence-corrected chi connectivity index (χ3v) is 3.42. The van der Waals surface area contributed by atoms with E-state index < -0.39 is 0 Å². The van der Waals surface area contributed by atoms with Gasteiger partial charge in [-0.25, -0.2) is 4.39 Å². The standard InChI is InChI=1S/C17H21FN2O/c1-12(19)10-15-16(18)8-5-9-17(15)20(2)13-6-4-7-14(11-13)21-3/h4-9,11-12H,10,19H2,1-3H3. The van der Waals surface area contributed by atoms with Crippen LogP contribution in [0.25, 0.3) is 0 Å². The highest BCUT2D eigenvalue weighted by Gasteiger charge is 2.15. The zero-order valence-electron chi connectivity index (χ0n) is 12.6. The zero-order chi connectivity index (χ0) is 15.4. The monoisotopic (exact) mass is 288 g/mol. The highest BCUT2D eigenvalue weighted by Crippen LogP contribution is 2.31. The van der Waals surface area contributed by atoms with Crippen molar-refractivity contribution < 1.29 is 9.13 Å². The highest BCUT2D eigenvalue weighted by atomic mass is 19.1. The van der Waals surface area contributed by atoms with E-state index in [0.717, 1.165) is 17.1 Å². The maximum absolute atomic E-state index is 14.1. The summed E-state index contributed by atoms with van der Waals surface area (Å²) >= 11 is 0. The van der Waals surface area contributed by atoms with E-state index in [4.69, 9.17) is 10.5 Å². The van der Waals surface area contributed by atoms with Crippen molar-refractivity contribution in [1.29, 1.82) is 0 Å². The van der Waals surface area contributed by atoms with Gasteiger partial charge in [-0.05, 0) is 37.6 Å². The molecule has 21 heavy (non-hydrogen) atoms. The van der Waals surface area contributed by atoms with Crippen molar-refractivity contribution in [3.63, 3.8) is 0 Å². The lowest BCUT2D eigenvalue weighted by Gasteiger charge is -2.24. The first-order valence-electron chi connectivity index (χ1n) is 6.93. The highest BCUT2D eigenvalue weighted by molar-refractivity contribution is 5.67. The fourth-order valence-corrected chi connectivity index (χ4v) is 2.34. The first-order valence-corrected chi connectivity index (χ1v) is 6.93. The molecule has 0 aliphatic heterocycles. The van der Waals surface area contributed by atoms with Gasteiger partial charge in [0.05, 0.1) is 7.11 Å². The van der Waals surface area contributed by atoms with Crippen molar-refractivity contribution in [1.82, 2.24) is 0 Å². The van der Waals surface area contributed by atoms with E-state index in [1.165, 1.54) is 6.07 Å². The van der Waals surface area contributed by atoms with Crippen LogP contribution in [0.4, 0.5) is 15.8 Å². The Kier molecular flexibility index (Phi) is 4.81. The SMILES string of the molecule is COc1cccc(N(C)c2cccc(F)c2CC(C)N)c1. The lowest BCUT2D eigenvalue weighted by atomic mass is 10.0. The molecule has 0 spiro atoms. The van der Waals surface area contributed by atoms with Crippen LogP contribution in [0.15, 0.2) is 42.5 Å². The van der Waals surface area contributed by atoms with Crippen molar-refractivity contribution in [2.75, 3.05) is 19.1 Å². The Hall–Kier alpha value is -2.07. The van der Waals surface area contributed by atoms with Gasteiger partial charge < -0.3 is 15.4 Å². The van der Waals surface area contributed by atoms with Crippen LogP contribution in [-0.4, -0.2) is 20.2 Å². The van der Waals surface area contributed by atoms with Crippen molar-refractivity contribution in [2.45, 2.75) is 19.4 Å². The summed E-state index contributed by atoms with van der Waals surface area (Å²) in [7, 11) is 3.54. The molecule has 0 saturated carbocycles. The molecule has 112 valence electrons. The number of halogens is 1. The van der Waals surface area contributed by atoms with Gasteiger partial charge in [-0.15, -0.1) is 0 Å². The Bertz CT molecular complexity index is 613. The predicted octanol–water partition coefficient (Wildman–Crippen LogP) is 3.49. The Morgan fingerprint density at radius 3 is 2.62 bits per heavy atom. The molecule has 0 amide bonds. The van der Waals surface area contributed by atoms with Crippen LogP contribution in [0.3, 0.4) is 0 Å². The number of rotatable bonds is 5. The van der Waals surface area contributed by atoms with Gasteiger partial charge in [0.25, 0.3) is 0 Å². The van der Waals surface area contributed by atoms with Crippen LogP contribution in [0.1, 0.15) is 12.5 Å². The van der Waals surface area contributed by atoms with Crippen LogP contribution in [0.5, 0.6) is 5.75 Å². The van der Waals surface area contributed by atoms with E-state index in [1.807, 2.05) is 49.2 Å². The second kappa shape index (κ2) is 6.59. The first-order chi connectivity index (χ1) is 10.0. The fourth-order valence-electron chi connectivity index (χ4n) is 2.34. The molecule has 0 aromatic heterocycles. The van der Waals surface area contributed by atoms with E-state index in [2.05, 4.69) is 0 Å². The number of anilines is 2. The Balaban J connectivity index is 2.42. The van der Waals surface area contributed by atoms with E-state index >= 15 is 0 Å². The van der Waals surface area contributed by atoms with Crippen LogP contribution in [0.2, 0.25) is 0 Å². The van der Waals surface area contributed by atoms with Gasteiger partial charge in [-0.2, -0.15) is 0 Å². The van der Waals surface area contributed by atoms with Crippen molar-refractivity contribution >= 4 is 11.4 Å². The lowest BCUT2D eigenvalue weighted by Crippen LogP contribution is -2.21. The molecule has 0 bridgehead atoms. The van der Waals surface area contributed by atoms with Gasteiger partial charge >= 0.3 is 0 Å². The van der Waals surface area contributed by atoms with E-state index in [-0.39, 0.29) is 11.9 Å². The molecule has 3 nitrogen and oxygen atoms in total. The average molecular weight is 288 g/mol. The minimum Gasteiger partial charge on any atom is -0.497 e. The summed E-state index contributed by atoms with van der Waals surface area (Å²) in [6.07, 6.45) is 0.496. The molecule has 4 heteroatoms. The Morgan fingerprint density at radius 1 is 1.24 bits per heavy atom. The molecule has 0 aliphatic carbocycles. The summed E-state index contributed by atoms with van der Waals surface area (Å²) in [5, 5.41) is 0. The van der Waals surface area contributed by atoms with Crippen LogP contribution in [0, 0.1) is 5.82 Å². The number of nitrogens with two attached hydrogens (primary N) is 1. The first kappa shape index (κ1) is 15.3. The molecule has 1 unspecified atom stereocenters. The molecule has 2 rings (SSSR count). The molecule has 1 atom stereocenters. The third-order valence-electron chi connectivity index (χ3n) is 3.42. The second-order valence-electron chi connectivity index (χ2n) is 5.18. The van der Waals surface area contributed by atoms with Gasteiger partial charge in [0.15, 0.2) is 0 Å². The molecular weight excluding hydrogens is 267 g/mol. The molecular formula is C17H21FN2O. The summed E-state index contributed by atoms with van der Waals surface area (Å²) in [4.78, 5) is 1.95. The summed E-state index contributed by atoms with van der Waals surface area (Å²) in [5.41, 5.74) is 8.23. The van der Waals surface area contributed by atoms with Gasteiger partial charge in [0.2, 0.25) is 0 Å². The summed E-state index contributed by atoms with van der Waals surface area (Å²) in [6.45, 7) is 1.88. The summed E-state index contributed by atoms with van der Waals surface area (Å²) in [6, 6.07) is 12.7. The number of ether oxygens (including phenoxy) is 1. The van der Waals surface area contributed by atoms with Crippen LogP contribution >= 0.6 is 0 Å². The van der Waals surface area contributed by atoms with Gasteiger partial charge in [0.1, 0.15) is 11.6 Å². The predicted molar refractivity (Wildman–Crippen MR) is 84.8 cm³/mol. The van der Waals surface area contributed by atoms with Crippen molar-refractivity contribution in [3.8, 4) is 5.75 Å². The van der Waals surface area contributed by atoms with Gasteiger partial charge in [-0.3, -0.25) is 0 Å². The maximum Gasteiger partial charge on any atom is 0.128 e. The quantitative estimate of drug-likeness (QED) is 0.915. The molecule has 0 aliphatic rings. The average Bonchev–Trinajstić information content (AvgIpc) is 2.48. The number of benzene rings is 2. The van der Waals surface area contributed by atoms with E-state index in [9.17, 15) is 4.39 Å². The van der Waals surface area contributed by atoms with Crippen molar-refractivity contribution in [2.24, 2.45) is 5.73 Å². The molecule has 0 heterocycles. The van der Waals surface area contributed by atoms with Crippen LogP contribution in [-0.2, 0) is 6.42 Å². The minimum atomic E-state index is -0.223. The Labute approximate surface area is 125 Å². The smallest absolute Gasteiger partial charge is 0.128 e. The number of methoxy groups -OCH3 is 1. The van der Waals surface area contributed by atoms with Crippen LogP contribution < -0.4 is 15.4 Å². The van der Waals surface area contributed by atoms with E-state index in [0.29, 0.717) is 12.0 Å². The fraction of sp³-hybridized carbons (Fsp3) is 0.294. The number of nitrogens with zero attached hydrogens (tertiary/aromatic N) is 1. The number of hydrogen-bond acceptors (Lipinski definition) is 3.